The zero-order chi connectivity index (χ0) is 11.6. The minimum absolute atomic E-state index is 0.441. The molecule has 1 aliphatic carbocycles. The van der Waals surface area contributed by atoms with Crippen molar-refractivity contribution in [3.05, 3.63) is 24.0 Å². The van der Waals surface area contributed by atoms with Gasteiger partial charge in [0.05, 0.1) is 0 Å². The summed E-state index contributed by atoms with van der Waals surface area (Å²) in [5.41, 5.74) is 0. The third kappa shape index (κ3) is 5.99. The molecule has 0 heterocycles. The zero-order valence-electron chi connectivity index (χ0n) is 10.6. The van der Waals surface area contributed by atoms with E-state index in [0.29, 0.717) is 11.7 Å². The van der Waals surface area contributed by atoms with E-state index in [1.54, 1.807) is 0 Å². The molecule has 0 bridgehead atoms. The Morgan fingerprint density at radius 2 is 1.81 bits per heavy atom. The third-order valence-corrected chi connectivity index (χ3v) is 3.35. The Hall–Kier alpha value is -0.720. The monoisotopic (exact) mass is 222 g/mol. The molecule has 0 saturated carbocycles. The normalized spacial score (nSPS) is 19.8. The second kappa shape index (κ2) is 8.43. The lowest BCUT2D eigenvalue weighted by Gasteiger charge is -2.13. The summed E-state index contributed by atoms with van der Waals surface area (Å²) in [6.45, 7) is 2.26. The van der Waals surface area contributed by atoms with Crippen molar-refractivity contribution in [1.29, 1.82) is 0 Å². The van der Waals surface area contributed by atoms with Crippen LogP contribution >= 0.6 is 0 Å². The van der Waals surface area contributed by atoms with E-state index in [0.717, 1.165) is 6.42 Å². The first-order valence-corrected chi connectivity index (χ1v) is 6.90. The molecule has 0 aromatic rings. The maximum Gasteiger partial charge on any atom is 0.111 e. The first kappa shape index (κ1) is 13.3. The van der Waals surface area contributed by atoms with Crippen molar-refractivity contribution in [2.75, 3.05) is 0 Å². The molecule has 1 rings (SSSR count). The molecular formula is C15H26O. The van der Waals surface area contributed by atoms with Crippen molar-refractivity contribution in [3.63, 3.8) is 0 Å². The quantitative estimate of drug-likeness (QED) is 0.563. The minimum Gasteiger partial charge on any atom is -0.508 e. The number of unbranched alkanes of at least 4 members (excludes halogenated alkanes) is 6. The Labute approximate surface area is 100 Å². The summed E-state index contributed by atoms with van der Waals surface area (Å²) >= 11 is 0. The summed E-state index contributed by atoms with van der Waals surface area (Å²) in [5, 5.41) is 9.19. The van der Waals surface area contributed by atoms with Gasteiger partial charge in [-0.25, -0.2) is 0 Å². The SMILES string of the molecule is CCCCCCCCCC1C=CC(O)=CC1. The van der Waals surface area contributed by atoms with Crippen molar-refractivity contribution in [1.82, 2.24) is 0 Å². The van der Waals surface area contributed by atoms with Crippen LogP contribution in [0.3, 0.4) is 0 Å². The molecule has 0 aromatic heterocycles. The molecule has 16 heavy (non-hydrogen) atoms. The van der Waals surface area contributed by atoms with E-state index in [-0.39, 0.29) is 0 Å². The van der Waals surface area contributed by atoms with Gasteiger partial charge in [-0.15, -0.1) is 0 Å². The average Bonchev–Trinajstić information content (AvgIpc) is 2.30. The van der Waals surface area contributed by atoms with Crippen LogP contribution < -0.4 is 0 Å². The highest BCUT2D eigenvalue weighted by molar-refractivity contribution is 5.16. The summed E-state index contributed by atoms with van der Waals surface area (Å²) in [6.07, 6.45) is 17.9. The Kier molecular flexibility index (Phi) is 7.03. The summed E-state index contributed by atoms with van der Waals surface area (Å²) in [4.78, 5) is 0. The summed E-state index contributed by atoms with van der Waals surface area (Å²) in [7, 11) is 0. The molecule has 0 radical (unpaired) electrons. The van der Waals surface area contributed by atoms with Crippen molar-refractivity contribution in [3.8, 4) is 0 Å². The molecule has 1 heteroatoms. The van der Waals surface area contributed by atoms with E-state index in [1.807, 2.05) is 12.2 Å². The van der Waals surface area contributed by atoms with Crippen LogP contribution in [-0.2, 0) is 0 Å². The zero-order valence-corrected chi connectivity index (χ0v) is 10.6. The van der Waals surface area contributed by atoms with Gasteiger partial charge in [0.25, 0.3) is 0 Å². The maximum absolute atomic E-state index is 9.19. The average molecular weight is 222 g/mol. The van der Waals surface area contributed by atoms with Gasteiger partial charge in [0.1, 0.15) is 5.76 Å². The third-order valence-electron chi connectivity index (χ3n) is 3.35. The van der Waals surface area contributed by atoms with Crippen LogP contribution in [0.5, 0.6) is 0 Å². The second-order valence-electron chi connectivity index (χ2n) is 4.89. The Morgan fingerprint density at radius 3 is 2.44 bits per heavy atom. The molecule has 0 aliphatic heterocycles. The van der Waals surface area contributed by atoms with Gasteiger partial charge in [-0.1, -0.05) is 57.9 Å². The van der Waals surface area contributed by atoms with E-state index in [4.69, 9.17) is 0 Å². The fourth-order valence-corrected chi connectivity index (χ4v) is 2.23. The number of rotatable bonds is 8. The summed E-state index contributed by atoms with van der Waals surface area (Å²) in [5.74, 6) is 1.11. The van der Waals surface area contributed by atoms with Gasteiger partial charge in [-0.2, -0.15) is 0 Å². The van der Waals surface area contributed by atoms with E-state index in [9.17, 15) is 5.11 Å². The van der Waals surface area contributed by atoms with Crippen LogP contribution in [-0.4, -0.2) is 5.11 Å². The number of hydrogen-bond acceptors (Lipinski definition) is 1. The van der Waals surface area contributed by atoms with Crippen LogP contribution in [0.15, 0.2) is 24.0 Å². The first-order valence-electron chi connectivity index (χ1n) is 6.90. The molecule has 0 spiro atoms. The molecule has 0 fully saturated rings. The van der Waals surface area contributed by atoms with Crippen LogP contribution in [0.2, 0.25) is 0 Å². The van der Waals surface area contributed by atoms with Crippen molar-refractivity contribution in [2.24, 2.45) is 5.92 Å². The van der Waals surface area contributed by atoms with Crippen LogP contribution in [0, 0.1) is 5.92 Å². The topological polar surface area (TPSA) is 20.2 Å². The maximum atomic E-state index is 9.19. The molecule has 1 unspecified atom stereocenters. The van der Waals surface area contributed by atoms with Crippen molar-refractivity contribution in [2.45, 2.75) is 64.7 Å². The highest BCUT2D eigenvalue weighted by Gasteiger charge is 2.07. The lowest BCUT2D eigenvalue weighted by Crippen LogP contribution is -1.99. The highest BCUT2D eigenvalue weighted by atomic mass is 16.3. The number of hydrogen-bond donors (Lipinski definition) is 1. The molecule has 1 N–H and O–H groups in total. The number of aliphatic hydroxyl groups excluding tert-OH is 1. The van der Waals surface area contributed by atoms with E-state index in [1.165, 1.54) is 51.4 Å². The van der Waals surface area contributed by atoms with Gasteiger partial charge in [0, 0.05) is 0 Å². The minimum atomic E-state index is 0.441. The first-order chi connectivity index (χ1) is 7.83. The summed E-state index contributed by atoms with van der Waals surface area (Å²) < 4.78 is 0. The van der Waals surface area contributed by atoms with E-state index in [2.05, 4.69) is 13.0 Å². The number of aliphatic hydroxyl groups is 1. The highest BCUT2D eigenvalue weighted by Crippen LogP contribution is 2.21. The van der Waals surface area contributed by atoms with E-state index < -0.39 is 0 Å². The Bertz CT molecular complexity index is 228. The molecule has 0 saturated heterocycles. The van der Waals surface area contributed by atoms with Gasteiger partial charge >= 0.3 is 0 Å². The summed E-state index contributed by atoms with van der Waals surface area (Å²) in [6, 6.07) is 0. The van der Waals surface area contributed by atoms with Gasteiger partial charge in [0.2, 0.25) is 0 Å². The molecule has 1 nitrogen and oxygen atoms in total. The van der Waals surface area contributed by atoms with E-state index >= 15 is 0 Å². The smallest absolute Gasteiger partial charge is 0.111 e. The largest absolute Gasteiger partial charge is 0.508 e. The molecule has 0 aromatic carbocycles. The lowest BCUT2D eigenvalue weighted by molar-refractivity contribution is 0.416. The standard InChI is InChI=1S/C15H26O/c1-2-3-4-5-6-7-8-9-14-10-12-15(16)13-11-14/h10,12-14,16H,2-9,11H2,1H3. The van der Waals surface area contributed by atoms with Crippen molar-refractivity contribution < 1.29 is 5.11 Å². The van der Waals surface area contributed by atoms with Crippen LogP contribution in [0.4, 0.5) is 0 Å². The molecule has 1 atom stereocenters. The van der Waals surface area contributed by atoms with Gasteiger partial charge in [-0.3, -0.25) is 0 Å². The Balaban J connectivity index is 1.90. The van der Waals surface area contributed by atoms with Gasteiger partial charge in [0.15, 0.2) is 0 Å². The molecule has 92 valence electrons. The van der Waals surface area contributed by atoms with Gasteiger partial charge < -0.3 is 5.11 Å². The molecule has 0 amide bonds. The molecular weight excluding hydrogens is 196 g/mol. The lowest BCUT2D eigenvalue weighted by atomic mass is 9.93. The second-order valence-corrected chi connectivity index (χ2v) is 4.89. The van der Waals surface area contributed by atoms with Crippen molar-refractivity contribution >= 4 is 0 Å². The fourth-order valence-electron chi connectivity index (χ4n) is 2.23. The Morgan fingerprint density at radius 1 is 1.12 bits per heavy atom. The number of allylic oxidation sites excluding steroid dienone is 3. The predicted octanol–water partition coefficient (Wildman–Crippen LogP) is 5.15. The van der Waals surface area contributed by atoms with Crippen LogP contribution in [0.25, 0.3) is 0 Å². The predicted molar refractivity (Wildman–Crippen MR) is 70.6 cm³/mol. The van der Waals surface area contributed by atoms with Gasteiger partial charge in [-0.05, 0) is 30.9 Å². The molecule has 1 aliphatic rings. The van der Waals surface area contributed by atoms with Crippen LogP contribution in [0.1, 0.15) is 64.7 Å². The fraction of sp³-hybridized carbons (Fsp3) is 0.733.